The highest BCUT2D eigenvalue weighted by molar-refractivity contribution is 14.0. The number of nitrogens with zero attached hydrogens (tertiary/aromatic N) is 3. The lowest BCUT2D eigenvalue weighted by Crippen LogP contribution is -2.45. The minimum Gasteiger partial charge on any atom is -0.486 e. The summed E-state index contributed by atoms with van der Waals surface area (Å²) < 4.78 is 13.8. The zero-order valence-corrected chi connectivity index (χ0v) is 18.2. The molecular weight excluding hydrogens is 457 g/mol. The van der Waals surface area contributed by atoms with Gasteiger partial charge in [0, 0.05) is 32.5 Å². The van der Waals surface area contributed by atoms with E-state index >= 15 is 0 Å². The lowest BCUT2D eigenvalue weighted by atomic mass is 10.2. The number of ether oxygens (including phenoxy) is 2. The van der Waals surface area contributed by atoms with Crippen molar-refractivity contribution in [2.45, 2.75) is 32.4 Å². The summed E-state index contributed by atoms with van der Waals surface area (Å²) in [5.41, 5.74) is 0. The number of imidazole rings is 1. The van der Waals surface area contributed by atoms with Crippen molar-refractivity contribution < 1.29 is 9.47 Å². The van der Waals surface area contributed by atoms with E-state index in [1.807, 2.05) is 43.6 Å². The zero-order chi connectivity index (χ0) is 18.2. The molecule has 1 unspecified atom stereocenters. The fraction of sp³-hybridized carbons (Fsp3) is 0.474. The molecule has 1 aliphatic heterocycles. The topological polar surface area (TPSA) is 72.7 Å². The first-order chi connectivity index (χ1) is 12.8. The van der Waals surface area contributed by atoms with Gasteiger partial charge in [0.05, 0.1) is 6.54 Å². The standard InChI is InChI=1S/C19H27N5O2.HI/c1-15-21-10-12-24(15)11-6-5-9-22-19(20-2)23-13-16-14-25-17-7-3-4-8-18(17)26-16;/h3-4,7-8,10,12,16H,5-6,9,11,13-14H2,1-2H3,(H2,20,22,23);1H. The maximum absolute atomic E-state index is 5.94. The SMILES string of the molecule is CN=C(NCCCCn1ccnc1C)NCC1COc2ccccc2O1.I. The van der Waals surface area contributed by atoms with Gasteiger partial charge in [0.25, 0.3) is 0 Å². The molecule has 0 spiro atoms. The van der Waals surface area contributed by atoms with Gasteiger partial charge in [-0.2, -0.15) is 0 Å². The number of hydrogen-bond acceptors (Lipinski definition) is 4. The number of hydrogen-bond donors (Lipinski definition) is 2. The van der Waals surface area contributed by atoms with E-state index in [0.29, 0.717) is 13.2 Å². The molecule has 1 aromatic carbocycles. The molecule has 2 N–H and O–H groups in total. The number of unbranched alkanes of at least 4 members (excludes halogenated alkanes) is 1. The molecule has 1 aromatic heterocycles. The van der Waals surface area contributed by atoms with Gasteiger partial charge in [0.1, 0.15) is 18.5 Å². The number of rotatable bonds is 7. The van der Waals surface area contributed by atoms with Crippen molar-refractivity contribution in [2.24, 2.45) is 4.99 Å². The fourth-order valence-electron chi connectivity index (χ4n) is 2.85. The molecule has 27 heavy (non-hydrogen) atoms. The van der Waals surface area contributed by atoms with Crippen LogP contribution in [-0.2, 0) is 6.54 Å². The van der Waals surface area contributed by atoms with Gasteiger partial charge >= 0.3 is 0 Å². The van der Waals surface area contributed by atoms with Crippen LogP contribution in [-0.4, -0.2) is 48.4 Å². The van der Waals surface area contributed by atoms with Gasteiger partial charge in [-0.15, -0.1) is 24.0 Å². The number of guanidine groups is 1. The van der Waals surface area contributed by atoms with Crippen molar-refractivity contribution >= 4 is 29.9 Å². The molecule has 0 amide bonds. The minimum atomic E-state index is -0.0346. The molecule has 1 aliphatic rings. The van der Waals surface area contributed by atoms with E-state index in [2.05, 4.69) is 25.2 Å². The van der Waals surface area contributed by atoms with Gasteiger partial charge in [0.15, 0.2) is 17.5 Å². The second-order valence-corrected chi connectivity index (χ2v) is 6.25. The van der Waals surface area contributed by atoms with Crippen molar-refractivity contribution in [1.29, 1.82) is 0 Å². The van der Waals surface area contributed by atoms with Crippen LogP contribution in [0.4, 0.5) is 0 Å². The summed E-state index contributed by atoms with van der Waals surface area (Å²) in [4.78, 5) is 8.50. The summed E-state index contributed by atoms with van der Waals surface area (Å²) in [7, 11) is 1.78. The molecule has 0 radical (unpaired) electrons. The summed E-state index contributed by atoms with van der Waals surface area (Å²) in [5.74, 6) is 3.45. The third-order valence-electron chi connectivity index (χ3n) is 4.33. The summed E-state index contributed by atoms with van der Waals surface area (Å²) in [5, 5.41) is 6.64. The number of para-hydroxylation sites is 2. The Labute approximate surface area is 177 Å². The molecule has 0 bridgehead atoms. The Hall–Kier alpha value is -1.97. The summed E-state index contributed by atoms with van der Waals surface area (Å²) in [6.07, 6.45) is 5.99. The van der Waals surface area contributed by atoms with Gasteiger partial charge in [0.2, 0.25) is 0 Å². The van der Waals surface area contributed by atoms with Gasteiger partial charge in [-0.25, -0.2) is 4.98 Å². The van der Waals surface area contributed by atoms with E-state index in [0.717, 1.165) is 49.2 Å². The van der Waals surface area contributed by atoms with Gasteiger partial charge < -0.3 is 24.7 Å². The number of aliphatic imine (C=N–C) groups is 1. The van der Waals surface area contributed by atoms with E-state index in [1.165, 1.54) is 0 Å². The second kappa shape index (κ2) is 11.0. The average molecular weight is 485 g/mol. The first-order valence-electron chi connectivity index (χ1n) is 9.07. The van der Waals surface area contributed by atoms with Crippen molar-refractivity contribution in [3.63, 3.8) is 0 Å². The maximum atomic E-state index is 5.94. The summed E-state index contributed by atoms with van der Waals surface area (Å²) in [6, 6.07) is 7.74. The van der Waals surface area contributed by atoms with Gasteiger partial charge in [-0.3, -0.25) is 4.99 Å². The molecule has 7 nitrogen and oxygen atoms in total. The Bertz CT molecular complexity index is 734. The molecule has 2 aromatic rings. The predicted octanol–water partition coefficient (Wildman–Crippen LogP) is 2.59. The van der Waals surface area contributed by atoms with Crippen molar-refractivity contribution in [1.82, 2.24) is 20.2 Å². The molecule has 3 rings (SSSR count). The molecule has 0 fully saturated rings. The highest BCUT2D eigenvalue weighted by atomic mass is 127. The third kappa shape index (κ3) is 6.30. The molecule has 2 heterocycles. The summed E-state index contributed by atoms with van der Waals surface area (Å²) in [6.45, 7) is 5.07. The molecule has 148 valence electrons. The molecule has 8 heteroatoms. The first kappa shape index (κ1) is 21.3. The van der Waals surface area contributed by atoms with Crippen LogP contribution in [0.1, 0.15) is 18.7 Å². The number of aromatic nitrogens is 2. The molecule has 0 saturated heterocycles. The van der Waals surface area contributed by atoms with E-state index < -0.39 is 0 Å². The highest BCUT2D eigenvalue weighted by Gasteiger charge is 2.20. The Balaban J connectivity index is 0.00000261. The van der Waals surface area contributed by atoms with Crippen molar-refractivity contribution in [2.75, 3.05) is 26.7 Å². The van der Waals surface area contributed by atoms with E-state index in [9.17, 15) is 0 Å². The van der Waals surface area contributed by atoms with Crippen LogP contribution in [0.25, 0.3) is 0 Å². The Morgan fingerprint density at radius 3 is 2.81 bits per heavy atom. The Kier molecular flexibility index (Phi) is 8.70. The Morgan fingerprint density at radius 1 is 1.26 bits per heavy atom. The summed E-state index contributed by atoms with van der Waals surface area (Å²) >= 11 is 0. The first-order valence-corrected chi connectivity index (χ1v) is 9.07. The van der Waals surface area contributed by atoms with Crippen molar-refractivity contribution in [3.8, 4) is 11.5 Å². The van der Waals surface area contributed by atoms with Crippen LogP contribution in [0.3, 0.4) is 0 Å². The average Bonchev–Trinajstić information content (AvgIpc) is 3.08. The Morgan fingerprint density at radius 2 is 2.07 bits per heavy atom. The van der Waals surface area contributed by atoms with Crippen LogP contribution in [0, 0.1) is 6.92 Å². The third-order valence-corrected chi connectivity index (χ3v) is 4.33. The zero-order valence-electron chi connectivity index (χ0n) is 15.9. The number of nitrogens with one attached hydrogen (secondary N) is 2. The van der Waals surface area contributed by atoms with Crippen LogP contribution in [0.5, 0.6) is 11.5 Å². The molecule has 0 saturated carbocycles. The largest absolute Gasteiger partial charge is 0.486 e. The van der Waals surface area contributed by atoms with Crippen LogP contribution < -0.4 is 20.1 Å². The van der Waals surface area contributed by atoms with Gasteiger partial charge in [-0.05, 0) is 31.9 Å². The number of benzene rings is 1. The van der Waals surface area contributed by atoms with Crippen LogP contribution in [0.2, 0.25) is 0 Å². The number of halogens is 1. The fourth-order valence-corrected chi connectivity index (χ4v) is 2.85. The predicted molar refractivity (Wildman–Crippen MR) is 117 cm³/mol. The van der Waals surface area contributed by atoms with E-state index in [-0.39, 0.29) is 30.1 Å². The second-order valence-electron chi connectivity index (χ2n) is 6.25. The van der Waals surface area contributed by atoms with E-state index in [1.54, 1.807) is 7.05 Å². The molecular formula is C19H28IN5O2. The lowest BCUT2D eigenvalue weighted by molar-refractivity contribution is 0.0936. The maximum Gasteiger partial charge on any atom is 0.191 e. The smallest absolute Gasteiger partial charge is 0.191 e. The highest BCUT2D eigenvalue weighted by Crippen LogP contribution is 2.30. The van der Waals surface area contributed by atoms with E-state index in [4.69, 9.17) is 9.47 Å². The van der Waals surface area contributed by atoms with Crippen molar-refractivity contribution in [3.05, 3.63) is 42.5 Å². The molecule has 0 aliphatic carbocycles. The quantitative estimate of drug-likeness (QED) is 0.273. The number of aryl methyl sites for hydroxylation is 2. The molecule has 1 atom stereocenters. The monoisotopic (exact) mass is 485 g/mol. The normalized spacial score (nSPS) is 15.8. The number of fused-ring (bicyclic) bond motifs is 1. The van der Waals surface area contributed by atoms with Crippen LogP contribution >= 0.6 is 24.0 Å². The van der Waals surface area contributed by atoms with Crippen LogP contribution in [0.15, 0.2) is 41.7 Å². The van der Waals surface area contributed by atoms with Gasteiger partial charge in [-0.1, -0.05) is 12.1 Å². The minimum absolute atomic E-state index is 0. The lowest BCUT2D eigenvalue weighted by Gasteiger charge is -2.27.